The molecule has 1 N–H and O–H groups in total. The Kier molecular flexibility index (Phi) is 4.03. The minimum atomic E-state index is -0.649. The Morgan fingerprint density at radius 2 is 2.16 bits per heavy atom. The van der Waals surface area contributed by atoms with Gasteiger partial charge in [-0.3, -0.25) is 9.78 Å². The molecule has 1 atom stereocenters. The molecule has 0 spiro atoms. The number of pyridine rings is 1. The van der Waals surface area contributed by atoms with Gasteiger partial charge in [-0.1, -0.05) is 6.07 Å². The molecule has 0 radical (unpaired) electrons. The number of hydrogen-bond acceptors (Lipinski definition) is 8. The highest BCUT2D eigenvalue weighted by molar-refractivity contribution is 5.90. The van der Waals surface area contributed by atoms with Gasteiger partial charge >= 0.3 is 11.8 Å². The fourth-order valence-corrected chi connectivity index (χ4v) is 3.88. The van der Waals surface area contributed by atoms with Crippen molar-refractivity contribution in [1.82, 2.24) is 44.6 Å². The number of aromatic nitrogens is 8. The summed E-state index contributed by atoms with van der Waals surface area (Å²) in [6, 6.07) is 5.75. The van der Waals surface area contributed by atoms with E-state index in [1.54, 1.807) is 29.4 Å². The molecular weight excluding hydrogens is 417 g/mol. The number of amides is 1. The highest BCUT2D eigenvalue weighted by Gasteiger charge is 2.38. The molecule has 1 aliphatic rings. The number of rotatable bonds is 3. The van der Waals surface area contributed by atoms with Gasteiger partial charge in [-0.15, -0.1) is 10.2 Å². The summed E-state index contributed by atoms with van der Waals surface area (Å²) in [5.74, 6) is -1.09. The van der Waals surface area contributed by atoms with Crippen molar-refractivity contribution in [2.45, 2.75) is 12.5 Å². The molecular formula is C20H14FN9O2. The number of imidazole rings is 1. The molecule has 6 rings (SSSR count). The molecule has 0 bridgehead atoms. The van der Waals surface area contributed by atoms with Crippen LogP contribution in [0, 0.1) is 5.95 Å². The van der Waals surface area contributed by atoms with E-state index in [1.807, 2.05) is 0 Å². The first kappa shape index (κ1) is 18.3. The number of carbonyl (C=O) groups excluding carboxylic acids is 1. The first-order valence-electron chi connectivity index (χ1n) is 9.76. The van der Waals surface area contributed by atoms with Crippen LogP contribution in [0.4, 0.5) is 4.39 Å². The molecule has 0 saturated carbocycles. The van der Waals surface area contributed by atoms with Crippen molar-refractivity contribution < 1.29 is 13.6 Å². The van der Waals surface area contributed by atoms with Crippen LogP contribution in [0.3, 0.4) is 0 Å². The third-order valence-electron chi connectivity index (χ3n) is 5.32. The maximum Gasteiger partial charge on any atom is 0.312 e. The molecule has 1 aliphatic heterocycles. The zero-order valence-electron chi connectivity index (χ0n) is 16.4. The molecule has 32 heavy (non-hydrogen) atoms. The fourth-order valence-electron chi connectivity index (χ4n) is 3.88. The van der Waals surface area contributed by atoms with Gasteiger partial charge in [0.25, 0.3) is 5.89 Å². The second kappa shape index (κ2) is 7.04. The van der Waals surface area contributed by atoms with Gasteiger partial charge in [0.2, 0.25) is 5.95 Å². The summed E-state index contributed by atoms with van der Waals surface area (Å²) in [5, 5.41) is 12.2. The number of carbonyl (C=O) groups is 1. The van der Waals surface area contributed by atoms with Crippen LogP contribution in [0.25, 0.3) is 17.1 Å². The molecule has 6 heterocycles. The molecule has 0 fully saturated rings. The molecule has 0 saturated heterocycles. The topological polar surface area (TPSA) is 131 Å². The first-order valence-corrected chi connectivity index (χ1v) is 9.76. The average Bonchev–Trinajstić information content (AvgIpc) is 3.58. The second-order valence-electron chi connectivity index (χ2n) is 7.17. The normalized spacial score (nSPS) is 15.8. The van der Waals surface area contributed by atoms with E-state index in [2.05, 4.69) is 35.2 Å². The maximum atomic E-state index is 14.2. The van der Waals surface area contributed by atoms with Gasteiger partial charge in [0.15, 0.2) is 0 Å². The molecule has 12 heteroatoms. The van der Waals surface area contributed by atoms with Crippen molar-refractivity contribution in [3.63, 3.8) is 0 Å². The lowest BCUT2D eigenvalue weighted by atomic mass is 9.99. The molecule has 0 aliphatic carbocycles. The van der Waals surface area contributed by atoms with Gasteiger partial charge in [-0.2, -0.15) is 9.49 Å². The molecule has 158 valence electrons. The molecule has 0 aromatic carbocycles. The number of fused-ring (bicyclic) bond motifs is 2. The zero-order valence-corrected chi connectivity index (χ0v) is 16.4. The summed E-state index contributed by atoms with van der Waals surface area (Å²) in [5.41, 5.74) is 2.94. The van der Waals surface area contributed by atoms with Gasteiger partial charge < -0.3 is 14.3 Å². The number of aromatic amines is 1. The first-order chi connectivity index (χ1) is 15.7. The highest BCUT2D eigenvalue weighted by atomic mass is 19.1. The van der Waals surface area contributed by atoms with Crippen molar-refractivity contribution in [3.05, 3.63) is 78.1 Å². The van der Waals surface area contributed by atoms with E-state index >= 15 is 0 Å². The lowest BCUT2D eigenvalue weighted by molar-refractivity contribution is 0.0646. The lowest BCUT2D eigenvalue weighted by Crippen LogP contribution is -2.41. The van der Waals surface area contributed by atoms with Crippen LogP contribution in [0.5, 0.6) is 0 Å². The lowest BCUT2D eigenvalue weighted by Gasteiger charge is -2.32. The minimum Gasteiger partial charge on any atom is -0.411 e. The van der Waals surface area contributed by atoms with Crippen molar-refractivity contribution in [1.29, 1.82) is 0 Å². The van der Waals surface area contributed by atoms with E-state index in [0.29, 0.717) is 35.6 Å². The summed E-state index contributed by atoms with van der Waals surface area (Å²) < 4.78 is 21.0. The second-order valence-corrected chi connectivity index (χ2v) is 7.17. The van der Waals surface area contributed by atoms with Gasteiger partial charge in [0.1, 0.15) is 11.7 Å². The standard InChI is InChI=1S/C20H14FN9O2/c21-15-3-1-2-11-8-13(28-30(11)15)17-16-12(24-10-25-16)4-7-29(17)20(31)19-27-26-18(32-19)14-9-22-5-6-23-14/h1-3,5-6,8-10,17H,4,7H2,(H,24,25)/t17-/m1/s1. The monoisotopic (exact) mass is 431 g/mol. The van der Waals surface area contributed by atoms with Crippen molar-refractivity contribution >= 4 is 11.4 Å². The number of nitrogens with zero attached hydrogens (tertiary/aromatic N) is 8. The van der Waals surface area contributed by atoms with Crippen LogP contribution in [0.2, 0.25) is 0 Å². The Morgan fingerprint density at radius 3 is 3.00 bits per heavy atom. The van der Waals surface area contributed by atoms with Crippen molar-refractivity contribution in [2.24, 2.45) is 0 Å². The number of nitrogens with one attached hydrogen (secondary N) is 1. The zero-order chi connectivity index (χ0) is 21.7. The quantitative estimate of drug-likeness (QED) is 0.428. The SMILES string of the molecule is O=C(c1nnc(-c2cnccn2)o1)N1CCc2[nH]cnc2[C@H]1c1cc2cccc(F)n2n1. The minimum absolute atomic E-state index is 0.0882. The van der Waals surface area contributed by atoms with E-state index in [9.17, 15) is 9.18 Å². The van der Waals surface area contributed by atoms with Crippen LogP contribution in [0.1, 0.15) is 33.8 Å². The van der Waals surface area contributed by atoms with Crippen LogP contribution in [-0.2, 0) is 6.42 Å². The number of H-pyrrole nitrogens is 1. The van der Waals surface area contributed by atoms with Crippen molar-refractivity contribution in [3.8, 4) is 11.6 Å². The third-order valence-corrected chi connectivity index (χ3v) is 5.32. The Hall–Kier alpha value is -4.48. The van der Waals surface area contributed by atoms with Gasteiger partial charge in [0, 0.05) is 31.1 Å². The summed E-state index contributed by atoms with van der Waals surface area (Å²) in [6.07, 6.45) is 6.60. The van der Waals surface area contributed by atoms with Crippen LogP contribution in [0.15, 0.2) is 53.6 Å². The summed E-state index contributed by atoms with van der Waals surface area (Å²) in [4.78, 5) is 30.5. The molecule has 11 nitrogen and oxygen atoms in total. The van der Waals surface area contributed by atoms with Gasteiger partial charge in [0.05, 0.1) is 29.4 Å². The summed E-state index contributed by atoms with van der Waals surface area (Å²) in [6.45, 7) is 0.359. The average molecular weight is 431 g/mol. The van der Waals surface area contributed by atoms with Gasteiger partial charge in [-0.25, -0.2) is 14.5 Å². The van der Waals surface area contributed by atoms with Gasteiger partial charge in [-0.05, 0) is 18.2 Å². The predicted molar refractivity (Wildman–Crippen MR) is 106 cm³/mol. The Morgan fingerprint density at radius 1 is 1.22 bits per heavy atom. The van der Waals surface area contributed by atoms with E-state index in [-0.39, 0.29) is 11.8 Å². The maximum absolute atomic E-state index is 14.2. The molecule has 0 unspecified atom stereocenters. The van der Waals surface area contributed by atoms with Crippen LogP contribution in [-0.4, -0.2) is 57.1 Å². The number of hydrogen-bond donors (Lipinski definition) is 1. The molecule has 1 amide bonds. The summed E-state index contributed by atoms with van der Waals surface area (Å²) in [7, 11) is 0. The predicted octanol–water partition coefficient (Wildman–Crippen LogP) is 1.82. The Bertz CT molecular complexity index is 1440. The summed E-state index contributed by atoms with van der Waals surface area (Å²) >= 11 is 0. The third kappa shape index (κ3) is 2.84. The molecule has 5 aromatic heterocycles. The van der Waals surface area contributed by atoms with E-state index in [0.717, 1.165) is 5.69 Å². The number of halogens is 1. The Labute approximate surface area is 179 Å². The molecule has 5 aromatic rings. The van der Waals surface area contributed by atoms with Crippen LogP contribution >= 0.6 is 0 Å². The fraction of sp³-hybridized carbons (Fsp3) is 0.150. The van der Waals surface area contributed by atoms with E-state index in [1.165, 1.54) is 29.2 Å². The smallest absolute Gasteiger partial charge is 0.312 e. The van der Waals surface area contributed by atoms with E-state index < -0.39 is 17.9 Å². The Balaban J connectivity index is 1.41. The van der Waals surface area contributed by atoms with E-state index in [4.69, 9.17) is 4.42 Å². The largest absolute Gasteiger partial charge is 0.411 e. The highest BCUT2D eigenvalue weighted by Crippen LogP contribution is 2.34. The van der Waals surface area contributed by atoms with Crippen LogP contribution < -0.4 is 0 Å². The van der Waals surface area contributed by atoms with Crippen molar-refractivity contribution in [2.75, 3.05) is 6.54 Å².